The van der Waals surface area contributed by atoms with Gasteiger partial charge in [0.05, 0.1) is 12.2 Å². The minimum atomic E-state index is -0.234. The molecule has 5 fully saturated rings. The Bertz CT molecular complexity index is 782. The van der Waals surface area contributed by atoms with E-state index >= 15 is 0 Å². The summed E-state index contributed by atoms with van der Waals surface area (Å²) in [5.74, 6) is 3.15. The van der Waals surface area contributed by atoms with Crippen molar-refractivity contribution < 1.29 is 15.0 Å². The van der Waals surface area contributed by atoms with Crippen LogP contribution in [0, 0.1) is 34.5 Å². The molecule has 1 amide bonds. The molecule has 2 N–H and O–H groups in total. The SMILES string of the molecule is CCCCCCCCC(=O)N1CCN([C@H]2C[C@@]3(C)C(CCC4C3CC[C@@]3(C)C4CC[C@@H]3O)C[C@@H]2O)CC1. The highest BCUT2D eigenvalue weighted by Gasteiger charge is 2.61. The monoisotopic (exact) mass is 516 g/mol. The van der Waals surface area contributed by atoms with Crippen molar-refractivity contribution in [2.75, 3.05) is 26.2 Å². The Kier molecular flexibility index (Phi) is 8.64. The first-order valence-electron chi connectivity index (χ1n) is 16.2. The summed E-state index contributed by atoms with van der Waals surface area (Å²) in [5, 5.41) is 22.1. The molecule has 0 spiro atoms. The van der Waals surface area contributed by atoms with Crippen molar-refractivity contribution in [3.8, 4) is 0 Å². The Morgan fingerprint density at radius 3 is 2.30 bits per heavy atom. The zero-order valence-electron chi connectivity index (χ0n) is 24.2. The number of piperazine rings is 1. The molecule has 37 heavy (non-hydrogen) atoms. The third kappa shape index (κ3) is 5.27. The van der Waals surface area contributed by atoms with Crippen LogP contribution in [0.15, 0.2) is 0 Å². The highest BCUT2D eigenvalue weighted by Crippen LogP contribution is 2.66. The summed E-state index contributed by atoms with van der Waals surface area (Å²) in [6.45, 7) is 10.7. The van der Waals surface area contributed by atoms with E-state index in [1.165, 1.54) is 64.2 Å². The maximum atomic E-state index is 12.8. The van der Waals surface area contributed by atoms with E-state index in [9.17, 15) is 15.0 Å². The first-order chi connectivity index (χ1) is 17.8. The van der Waals surface area contributed by atoms with Gasteiger partial charge in [-0.1, -0.05) is 52.9 Å². The fraction of sp³-hybridized carbons (Fsp3) is 0.969. The molecule has 0 bridgehead atoms. The Morgan fingerprint density at radius 2 is 1.54 bits per heavy atom. The highest BCUT2D eigenvalue weighted by atomic mass is 16.3. The largest absolute Gasteiger partial charge is 0.393 e. The summed E-state index contributed by atoms with van der Waals surface area (Å²) in [5.41, 5.74) is 0.433. The number of hydrogen-bond acceptors (Lipinski definition) is 4. The van der Waals surface area contributed by atoms with Crippen molar-refractivity contribution in [2.45, 2.75) is 135 Å². The van der Waals surface area contributed by atoms with Crippen LogP contribution < -0.4 is 0 Å². The van der Waals surface area contributed by atoms with Crippen LogP contribution in [-0.4, -0.2) is 70.3 Å². The molecule has 0 radical (unpaired) electrons. The van der Waals surface area contributed by atoms with Crippen LogP contribution in [0.1, 0.15) is 117 Å². The lowest BCUT2D eigenvalue weighted by molar-refractivity contribution is -0.156. The third-order valence-corrected chi connectivity index (χ3v) is 12.5. The summed E-state index contributed by atoms with van der Waals surface area (Å²) in [6.07, 6.45) is 17.0. The van der Waals surface area contributed by atoms with Gasteiger partial charge in [0.15, 0.2) is 0 Å². The highest BCUT2D eigenvalue weighted by molar-refractivity contribution is 5.76. The van der Waals surface area contributed by atoms with Gasteiger partial charge in [-0.3, -0.25) is 9.69 Å². The summed E-state index contributed by atoms with van der Waals surface area (Å²) < 4.78 is 0. The number of aliphatic hydroxyl groups is 2. The number of nitrogens with zero attached hydrogens (tertiary/aromatic N) is 2. The molecule has 5 aliphatic rings. The average Bonchev–Trinajstić information content (AvgIpc) is 3.20. The molecular formula is C32H56N2O3. The van der Waals surface area contributed by atoms with Crippen LogP contribution in [0.25, 0.3) is 0 Å². The van der Waals surface area contributed by atoms with Crippen molar-refractivity contribution in [3.05, 3.63) is 0 Å². The van der Waals surface area contributed by atoms with Gasteiger partial charge >= 0.3 is 0 Å². The van der Waals surface area contributed by atoms with Gasteiger partial charge in [-0.25, -0.2) is 0 Å². The fourth-order valence-corrected chi connectivity index (χ4v) is 10.1. The lowest BCUT2D eigenvalue weighted by Crippen LogP contribution is -2.62. The van der Waals surface area contributed by atoms with Gasteiger partial charge in [-0.2, -0.15) is 0 Å². The Balaban J connectivity index is 1.16. The number of fused-ring (bicyclic) bond motifs is 5. The summed E-state index contributed by atoms with van der Waals surface area (Å²) in [4.78, 5) is 17.4. The van der Waals surface area contributed by atoms with Crippen molar-refractivity contribution >= 4 is 5.91 Å². The molecule has 5 rings (SSSR count). The molecule has 1 heterocycles. The first kappa shape index (κ1) is 27.9. The van der Waals surface area contributed by atoms with Gasteiger partial charge in [0.25, 0.3) is 0 Å². The van der Waals surface area contributed by atoms with E-state index in [0.717, 1.165) is 63.7 Å². The fourth-order valence-electron chi connectivity index (χ4n) is 10.1. The quantitative estimate of drug-likeness (QED) is 0.411. The molecule has 1 saturated heterocycles. The molecule has 4 saturated carbocycles. The average molecular weight is 517 g/mol. The summed E-state index contributed by atoms with van der Waals surface area (Å²) in [6, 6.07) is 0.235. The molecule has 0 aromatic rings. The van der Waals surface area contributed by atoms with Crippen LogP contribution in [0.5, 0.6) is 0 Å². The molecule has 9 atom stereocenters. The molecule has 4 aliphatic carbocycles. The maximum Gasteiger partial charge on any atom is 0.222 e. The number of carbonyl (C=O) groups excluding carboxylic acids is 1. The van der Waals surface area contributed by atoms with Gasteiger partial charge in [-0.05, 0) is 92.3 Å². The zero-order valence-corrected chi connectivity index (χ0v) is 24.2. The zero-order chi connectivity index (χ0) is 26.2. The molecule has 5 nitrogen and oxygen atoms in total. The predicted molar refractivity (Wildman–Crippen MR) is 149 cm³/mol. The van der Waals surface area contributed by atoms with E-state index in [-0.39, 0.29) is 23.7 Å². The van der Waals surface area contributed by atoms with E-state index in [1.54, 1.807) is 0 Å². The first-order valence-corrected chi connectivity index (χ1v) is 16.2. The third-order valence-electron chi connectivity index (χ3n) is 12.5. The van der Waals surface area contributed by atoms with Gasteiger partial charge in [0, 0.05) is 38.6 Å². The van der Waals surface area contributed by atoms with Crippen LogP contribution >= 0.6 is 0 Å². The van der Waals surface area contributed by atoms with Gasteiger partial charge in [0.1, 0.15) is 0 Å². The molecule has 1 aliphatic heterocycles. The van der Waals surface area contributed by atoms with E-state index in [4.69, 9.17) is 0 Å². The summed E-state index contributed by atoms with van der Waals surface area (Å²) in [7, 11) is 0. The molecule has 0 aromatic carbocycles. The summed E-state index contributed by atoms with van der Waals surface area (Å²) >= 11 is 0. The predicted octanol–water partition coefficient (Wildman–Crippen LogP) is 5.62. The number of hydrogen-bond donors (Lipinski definition) is 2. The topological polar surface area (TPSA) is 64.0 Å². The van der Waals surface area contributed by atoms with Crippen molar-refractivity contribution in [2.24, 2.45) is 34.5 Å². The molecule has 0 aromatic heterocycles. The van der Waals surface area contributed by atoms with Crippen molar-refractivity contribution in [1.82, 2.24) is 9.80 Å². The van der Waals surface area contributed by atoms with Crippen LogP contribution in [0.2, 0.25) is 0 Å². The molecular weight excluding hydrogens is 460 g/mol. The number of rotatable bonds is 8. The number of aliphatic hydroxyl groups excluding tert-OH is 2. The lowest BCUT2D eigenvalue weighted by atomic mass is 9.44. The minimum absolute atomic E-state index is 0.107. The standard InChI is InChI=1S/C32H56N2O3/c1-4-5-6-7-8-9-10-30(37)34-19-17-33(18-20-34)27-22-32(3)23(21-28(27)35)11-12-24-25-13-14-29(36)31(25,2)16-15-26(24)32/h23-29,35-36H,4-22H2,1-3H3/t23?,24?,25?,26?,27-,28-,29-,31-,32-/m0/s1. The Labute approximate surface area is 226 Å². The van der Waals surface area contributed by atoms with Gasteiger partial charge in [-0.15, -0.1) is 0 Å². The van der Waals surface area contributed by atoms with E-state index < -0.39 is 0 Å². The Hall–Kier alpha value is -0.650. The second-order valence-corrected chi connectivity index (χ2v) is 14.3. The molecule has 4 unspecified atom stereocenters. The van der Waals surface area contributed by atoms with E-state index in [2.05, 4.69) is 30.6 Å². The number of amides is 1. The van der Waals surface area contributed by atoms with Crippen LogP contribution in [0.4, 0.5) is 0 Å². The minimum Gasteiger partial charge on any atom is -0.393 e. The molecule has 5 heteroatoms. The Morgan fingerprint density at radius 1 is 0.838 bits per heavy atom. The van der Waals surface area contributed by atoms with Crippen LogP contribution in [0.3, 0.4) is 0 Å². The van der Waals surface area contributed by atoms with Crippen molar-refractivity contribution in [3.63, 3.8) is 0 Å². The van der Waals surface area contributed by atoms with Crippen LogP contribution in [-0.2, 0) is 4.79 Å². The van der Waals surface area contributed by atoms with Crippen molar-refractivity contribution in [1.29, 1.82) is 0 Å². The van der Waals surface area contributed by atoms with E-state index in [1.807, 2.05) is 0 Å². The lowest BCUT2D eigenvalue weighted by Gasteiger charge is -2.62. The van der Waals surface area contributed by atoms with E-state index in [0.29, 0.717) is 29.6 Å². The normalized spacial score (nSPS) is 44.2. The number of carbonyl (C=O) groups is 1. The maximum absolute atomic E-state index is 12.8. The molecule has 212 valence electrons. The smallest absolute Gasteiger partial charge is 0.222 e. The second-order valence-electron chi connectivity index (χ2n) is 14.3. The van der Waals surface area contributed by atoms with Gasteiger partial charge in [0.2, 0.25) is 5.91 Å². The second kappa shape index (κ2) is 11.5. The number of unbranched alkanes of at least 4 members (excludes halogenated alkanes) is 5. The van der Waals surface area contributed by atoms with Gasteiger partial charge < -0.3 is 15.1 Å².